The summed E-state index contributed by atoms with van der Waals surface area (Å²) in [6.45, 7) is 0.395. The lowest BCUT2D eigenvalue weighted by atomic mass is 10.0. The first kappa shape index (κ1) is 20.7. The third-order valence-electron chi connectivity index (χ3n) is 5.88. The fourth-order valence-electron chi connectivity index (χ4n) is 4.20. The second kappa shape index (κ2) is 8.78. The standard InChI is InChI=1S/C27H22N4O2S/c28-20(11-19-16-34-26-6-2-1-4-22(19)26)15-33-21-12-23(27(29-14-21)25-5-3-9-32-25)17-7-8-24-18(10-17)13-30-31-24/h1-10,12-14,16,20H,11,15,28H2,(H,30,31)/t20-/m0/s1. The van der Waals surface area contributed by atoms with Gasteiger partial charge in [-0.05, 0) is 64.7 Å². The zero-order chi connectivity index (χ0) is 22.9. The van der Waals surface area contributed by atoms with E-state index >= 15 is 0 Å². The monoisotopic (exact) mass is 466 g/mol. The summed E-state index contributed by atoms with van der Waals surface area (Å²) in [6.07, 6.45) is 5.94. The summed E-state index contributed by atoms with van der Waals surface area (Å²) in [5.41, 5.74) is 11.4. The summed E-state index contributed by atoms with van der Waals surface area (Å²) in [4.78, 5) is 4.68. The first-order chi connectivity index (χ1) is 16.7. The molecule has 0 fully saturated rings. The first-order valence-corrected chi connectivity index (χ1v) is 11.9. The van der Waals surface area contributed by atoms with Crippen LogP contribution in [0.15, 0.2) is 89.1 Å². The van der Waals surface area contributed by atoms with Crippen molar-refractivity contribution < 1.29 is 9.15 Å². The minimum Gasteiger partial charge on any atom is -0.490 e. The van der Waals surface area contributed by atoms with Crippen molar-refractivity contribution in [2.45, 2.75) is 12.5 Å². The van der Waals surface area contributed by atoms with Gasteiger partial charge in [0.15, 0.2) is 5.76 Å². The number of benzene rings is 2. The van der Waals surface area contributed by atoms with E-state index in [-0.39, 0.29) is 6.04 Å². The minimum atomic E-state index is -0.131. The van der Waals surface area contributed by atoms with Gasteiger partial charge in [-0.15, -0.1) is 11.3 Å². The van der Waals surface area contributed by atoms with Crippen LogP contribution in [0.25, 0.3) is 43.6 Å². The lowest BCUT2D eigenvalue weighted by Gasteiger charge is -2.15. The molecule has 3 N–H and O–H groups in total. The summed E-state index contributed by atoms with van der Waals surface area (Å²) in [7, 11) is 0. The van der Waals surface area contributed by atoms with E-state index in [9.17, 15) is 0 Å². The van der Waals surface area contributed by atoms with E-state index in [1.807, 2.05) is 36.5 Å². The molecule has 1 atom stereocenters. The lowest BCUT2D eigenvalue weighted by Crippen LogP contribution is -2.30. The molecule has 4 aromatic heterocycles. The molecular weight excluding hydrogens is 444 g/mol. The third kappa shape index (κ3) is 3.96. The van der Waals surface area contributed by atoms with Crippen molar-refractivity contribution in [3.8, 4) is 28.3 Å². The van der Waals surface area contributed by atoms with Crippen LogP contribution in [0.5, 0.6) is 5.75 Å². The molecule has 4 heterocycles. The van der Waals surface area contributed by atoms with Crippen molar-refractivity contribution in [1.29, 1.82) is 0 Å². The number of ether oxygens (including phenoxy) is 1. The van der Waals surface area contributed by atoms with E-state index in [0.29, 0.717) is 18.1 Å². The number of nitrogens with one attached hydrogen (secondary N) is 1. The Morgan fingerprint density at radius 1 is 1.06 bits per heavy atom. The van der Waals surface area contributed by atoms with Crippen LogP contribution in [0.4, 0.5) is 0 Å². The van der Waals surface area contributed by atoms with Crippen molar-refractivity contribution in [2.24, 2.45) is 5.73 Å². The fraction of sp³-hybridized carbons (Fsp3) is 0.111. The van der Waals surface area contributed by atoms with Crippen LogP contribution in [0.3, 0.4) is 0 Å². The molecule has 0 saturated heterocycles. The van der Waals surface area contributed by atoms with Gasteiger partial charge in [0.25, 0.3) is 0 Å². The molecule has 6 nitrogen and oxygen atoms in total. The minimum absolute atomic E-state index is 0.131. The SMILES string of the molecule is N[C@H](COc1cnc(-c2ccco2)c(-c2ccc3[nH]ncc3c2)c1)Cc1csc2ccccc12. The fourth-order valence-corrected chi connectivity index (χ4v) is 5.18. The smallest absolute Gasteiger partial charge is 0.152 e. The number of hydrogen-bond donors (Lipinski definition) is 2. The summed E-state index contributed by atoms with van der Waals surface area (Å²) < 4.78 is 13.0. The average molecular weight is 467 g/mol. The molecule has 0 spiro atoms. The van der Waals surface area contributed by atoms with Crippen LogP contribution in [0.2, 0.25) is 0 Å². The molecule has 34 heavy (non-hydrogen) atoms. The van der Waals surface area contributed by atoms with Crippen LogP contribution in [-0.4, -0.2) is 27.8 Å². The zero-order valence-corrected chi connectivity index (χ0v) is 19.1. The second-order valence-electron chi connectivity index (χ2n) is 8.25. The third-order valence-corrected chi connectivity index (χ3v) is 6.89. The van der Waals surface area contributed by atoms with Gasteiger partial charge in [-0.25, -0.2) is 4.98 Å². The van der Waals surface area contributed by atoms with Crippen molar-refractivity contribution in [3.05, 3.63) is 90.3 Å². The van der Waals surface area contributed by atoms with Gasteiger partial charge in [0.2, 0.25) is 0 Å². The maximum absolute atomic E-state index is 6.44. The molecule has 0 radical (unpaired) electrons. The quantitative estimate of drug-likeness (QED) is 0.299. The average Bonchev–Trinajstić information content (AvgIpc) is 3.63. The van der Waals surface area contributed by atoms with Crippen LogP contribution < -0.4 is 10.5 Å². The normalized spacial score (nSPS) is 12.4. The summed E-state index contributed by atoms with van der Waals surface area (Å²) >= 11 is 1.75. The maximum Gasteiger partial charge on any atom is 0.152 e. The van der Waals surface area contributed by atoms with Gasteiger partial charge in [0.1, 0.15) is 18.1 Å². The van der Waals surface area contributed by atoms with Gasteiger partial charge < -0.3 is 14.9 Å². The van der Waals surface area contributed by atoms with E-state index in [4.69, 9.17) is 14.9 Å². The zero-order valence-electron chi connectivity index (χ0n) is 18.3. The van der Waals surface area contributed by atoms with E-state index < -0.39 is 0 Å². The number of H-pyrrole nitrogens is 1. The number of nitrogens with zero attached hydrogens (tertiary/aromatic N) is 2. The number of thiophene rings is 1. The second-order valence-corrected chi connectivity index (χ2v) is 9.16. The number of fused-ring (bicyclic) bond motifs is 2. The van der Waals surface area contributed by atoms with Crippen LogP contribution >= 0.6 is 11.3 Å². The molecule has 0 unspecified atom stereocenters. The topological polar surface area (TPSA) is 90.0 Å². The molecular formula is C27H22N4O2S. The number of pyridine rings is 1. The molecule has 0 aliphatic rings. The molecule has 0 aliphatic carbocycles. The Morgan fingerprint density at radius 2 is 2.00 bits per heavy atom. The Labute approximate surface area is 200 Å². The van der Waals surface area contributed by atoms with Gasteiger partial charge in [-0.1, -0.05) is 24.3 Å². The van der Waals surface area contributed by atoms with Crippen molar-refractivity contribution in [2.75, 3.05) is 6.61 Å². The molecule has 0 saturated carbocycles. The van der Waals surface area contributed by atoms with Crippen LogP contribution in [0.1, 0.15) is 5.56 Å². The Bertz CT molecular complexity index is 1570. The first-order valence-electron chi connectivity index (χ1n) is 11.1. The van der Waals surface area contributed by atoms with E-state index in [1.165, 1.54) is 15.6 Å². The number of rotatable bonds is 7. The van der Waals surface area contributed by atoms with Gasteiger partial charge in [0, 0.05) is 21.7 Å². The highest BCUT2D eigenvalue weighted by Gasteiger charge is 2.15. The number of nitrogens with two attached hydrogens (primary N) is 1. The molecule has 7 heteroatoms. The number of aromatic amines is 1. The Morgan fingerprint density at radius 3 is 2.91 bits per heavy atom. The van der Waals surface area contributed by atoms with Crippen molar-refractivity contribution in [1.82, 2.24) is 15.2 Å². The van der Waals surface area contributed by atoms with Gasteiger partial charge in [0.05, 0.1) is 24.2 Å². The summed E-state index contributed by atoms with van der Waals surface area (Å²) in [5.74, 6) is 1.37. The molecule has 0 bridgehead atoms. The summed E-state index contributed by atoms with van der Waals surface area (Å²) in [6, 6.07) is 20.2. The predicted octanol–water partition coefficient (Wildman–Crippen LogP) is 6.05. The maximum atomic E-state index is 6.44. The molecule has 2 aromatic carbocycles. The molecule has 0 amide bonds. The number of aromatic nitrogens is 3. The van der Waals surface area contributed by atoms with Crippen LogP contribution in [-0.2, 0) is 6.42 Å². The van der Waals surface area contributed by atoms with Gasteiger partial charge >= 0.3 is 0 Å². The molecule has 6 aromatic rings. The molecule has 168 valence electrons. The van der Waals surface area contributed by atoms with Crippen molar-refractivity contribution >= 4 is 32.3 Å². The van der Waals surface area contributed by atoms with Gasteiger partial charge in [-0.2, -0.15) is 5.10 Å². The largest absolute Gasteiger partial charge is 0.490 e. The highest BCUT2D eigenvalue weighted by atomic mass is 32.1. The van der Waals surface area contributed by atoms with Crippen LogP contribution in [0, 0.1) is 0 Å². The Kier molecular flexibility index (Phi) is 5.33. The summed E-state index contributed by atoms with van der Waals surface area (Å²) in [5, 5.41) is 11.6. The number of hydrogen-bond acceptors (Lipinski definition) is 6. The Hall–Kier alpha value is -3.94. The van der Waals surface area contributed by atoms with E-state index in [0.717, 1.165) is 34.1 Å². The van der Waals surface area contributed by atoms with Gasteiger partial charge in [-0.3, -0.25) is 5.10 Å². The molecule has 0 aliphatic heterocycles. The highest BCUT2D eigenvalue weighted by Crippen LogP contribution is 2.34. The Balaban J connectivity index is 1.26. The number of furan rings is 1. The molecule has 6 rings (SSSR count). The lowest BCUT2D eigenvalue weighted by molar-refractivity contribution is 0.287. The van der Waals surface area contributed by atoms with Crippen molar-refractivity contribution in [3.63, 3.8) is 0 Å². The predicted molar refractivity (Wildman–Crippen MR) is 136 cm³/mol. The van der Waals surface area contributed by atoms with E-state index in [1.54, 1.807) is 23.8 Å². The van der Waals surface area contributed by atoms with E-state index in [2.05, 4.69) is 50.9 Å². The highest BCUT2D eigenvalue weighted by molar-refractivity contribution is 7.17.